The number of benzene rings is 1. The molecule has 2 atom stereocenters. The highest BCUT2D eigenvalue weighted by atomic mass is 32.2. The van der Waals surface area contributed by atoms with Crippen molar-refractivity contribution >= 4 is 15.7 Å². The second kappa shape index (κ2) is 6.01. The second-order valence-corrected chi connectivity index (χ2v) is 8.28. The Morgan fingerprint density at radius 3 is 2.55 bits per heavy atom. The van der Waals surface area contributed by atoms with Gasteiger partial charge in [-0.1, -0.05) is 6.42 Å². The monoisotopic (exact) mass is 322 g/mol. The zero-order valence-corrected chi connectivity index (χ0v) is 13.6. The van der Waals surface area contributed by atoms with Crippen molar-refractivity contribution in [3.05, 3.63) is 29.8 Å². The summed E-state index contributed by atoms with van der Waals surface area (Å²) in [6.07, 6.45) is 5.80. The average molecular weight is 322 g/mol. The number of nitrogens with zero attached hydrogens (tertiary/aromatic N) is 1. The van der Waals surface area contributed by atoms with Crippen LogP contribution in [0.1, 0.15) is 36.0 Å². The van der Waals surface area contributed by atoms with Gasteiger partial charge in [-0.05, 0) is 50.1 Å². The molecule has 2 fully saturated rings. The molecule has 0 aliphatic carbocycles. The molecular weight excluding hydrogens is 300 g/mol. The molecule has 0 spiro atoms. The normalized spacial score (nSPS) is 25.7. The number of rotatable bonds is 3. The highest BCUT2D eigenvalue weighted by Gasteiger charge is 2.36. The van der Waals surface area contributed by atoms with Crippen LogP contribution in [-0.4, -0.2) is 50.7 Å². The van der Waals surface area contributed by atoms with Crippen molar-refractivity contribution in [1.29, 1.82) is 0 Å². The summed E-state index contributed by atoms with van der Waals surface area (Å²) in [6.45, 7) is 2.20. The molecule has 1 N–H and O–H groups in total. The first-order valence-corrected chi connectivity index (χ1v) is 9.69. The lowest BCUT2D eigenvalue weighted by atomic mass is 9.99. The van der Waals surface area contributed by atoms with E-state index >= 15 is 0 Å². The van der Waals surface area contributed by atoms with Gasteiger partial charge in [0, 0.05) is 30.4 Å². The first kappa shape index (κ1) is 15.5. The van der Waals surface area contributed by atoms with Gasteiger partial charge in [0.25, 0.3) is 5.91 Å². The Bertz CT molecular complexity index is 654. The lowest BCUT2D eigenvalue weighted by Gasteiger charge is -2.32. The molecule has 0 saturated carbocycles. The fourth-order valence-electron chi connectivity index (χ4n) is 3.52. The van der Waals surface area contributed by atoms with E-state index in [0.29, 0.717) is 11.6 Å². The predicted molar refractivity (Wildman–Crippen MR) is 84.6 cm³/mol. The Labute approximate surface area is 131 Å². The molecule has 2 aliphatic rings. The van der Waals surface area contributed by atoms with E-state index in [1.807, 2.05) is 0 Å². The van der Waals surface area contributed by atoms with Gasteiger partial charge in [0.2, 0.25) is 0 Å². The molecule has 0 radical (unpaired) electrons. The van der Waals surface area contributed by atoms with Crippen LogP contribution in [0.2, 0.25) is 0 Å². The van der Waals surface area contributed by atoms with Crippen LogP contribution in [0.25, 0.3) is 0 Å². The number of carbonyl (C=O) groups excluding carboxylic acids is 1. The summed E-state index contributed by atoms with van der Waals surface area (Å²) < 4.78 is 22.9. The van der Waals surface area contributed by atoms with Crippen LogP contribution in [0.4, 0.5) is 0 Å². The zero-order valence-electron chi connectivity index (χ0n) is 12.8. The van der Waals surface area contributed by atoms with E-state index < -0.39 is 9.84 Å². The molecule has 2 aliphatic heterocycles. The molecule has 22 heavy (non-hydrogen) atoms. The number of amides is 1. The van der Waals surface area contributed by atoms with Crippen molar-refractivity contribution in [1.82, 2.24) is 10.2 Å². The number of sulfone groups is 1. The van der Waals surface area contributed by atoms with E-state index in [2.05, 4.69) is 10.2 Å². The summed E-state index contributed by atoms with van der Waals surface area (Å²) in [5, 5.41) is 3.12. The maximum Gasteiger partial charge on any atom is 0.251 e. The van der Waals surface area contributed by atoms with Gasteiger partial charge in [0.15, 0.2) is 9.84 Å². The second-order valence-electron chi connectivity index (χ2n) is 6.26. The van der Waals surface area contributed by atoms with Gasteiger partial charge in [0.1, 0.15) is 0 Å². The molecule has 0 unspecified atom stereocenters. The minimum Gasteiger partial charge on any atom is -0.348 e. The van der Waals surface area contributed by atoms with Crippen LogP contribution >= 0.6 is 0 Å². The quantitative estimate of drug-likeness (QED) is 0.914. The minimum absolute atomic E-state index is 0.113. The number of hydrogen-bond acceptors (Lipinski definition) is 4. The van der Waals surface area contributed by atoms with Crippen LogP contribution in [0.15, 0.2) is 29.2 Å². The number of fused-ring (bicyclic) bond motifs is 1. The summed E-state index contributed by atoms with van der Waals surface area (Å²) in [6, 6.07) is 6.83. The Balaban J connectivity index is 1.67. The highest BCUT2D eigenvalue weighted by molar-refractivity contribution is 7.90. The first-order chi connectivity index (χ1) is 10.4. The molecule has 1 aromatic carbocycles. The summed E-state index contributed by atoms with van der Waals surface area (Å²) in [5.41, 5.74) is 0.515. The minimum atomic E-state index is -3.22. The topological polar surface area (TPSA) is 66.5 Å². The summed E-state index contributed by atoms with van der Waals surface area (Å²) in [4.78, 5) is 15.1. The average Bonchev–Trinajstić information content (AvgIpc) is 2.90. The predicted octanol–water partition coefficient (Wildman–Crippen LogP) is 1.45. The largest absolute Gasteiger partial charge is 0.348 e. The summed E-state index contributed by atoms with van der Waals surface area (Å²) >= 11 is 0. The van der Waals surface area contributed by atoms with Crippen LogP contribution in [0.5, 0.6) is 0 Å². The van der Waals surface area contributed by atoms with E-state index in [9.17, 15) is 13.2 Å². The Kier molecular flexibility index (Phi) is 4.23. The molecule has 0 bridgehead atoms. The first-order valence-electron chi connectivity index (χ1n) is 7.80. The molecule has 5 nitrogen and oxygen atoms in total. The Morgan fingerprint density at radius 2 is 1.86 bits per heavy atom. The van der Waals surface area contributed by atoms with E-state index in [0.717, 1.165) is 32.2 Å². The lowest BCUT2D eigenvalue weighted by molar-refractivity contribution is 0.0915. The van der Waals surface area contributed by atoms with Crippen molar-refractivity contribution in [2.24, 2.45) is 0 Å². The standard InChI is InChI=1S/C16H22N2O3S/c1-22(20,21)13-7-5-12(6-8-13)16(19)17-14-9-11-18-10-3-2-4-15(14)18/h5-8,14-15H,2-4,9-11H2,1H3,(H,17,19)/t14-,15-/m1/s1. The van der Waals surface area contributed by atoms with E-state index in [1.165, 1.54) is 25.0 Å². The molecule has 3 rings (SSSR count). The smallest absolute Gasteiger partial charge is 0.251 e. The van der Waals surface area contributed by atoms with Crippen LogP contribution in [0, 0.1) is 0 Å². The van der Waals surface area contributed by atoms with Crippen LogP contribution in [-0.2, 0) is 9.84 Å². The SMILES string of the molecule is CS(=O)(=O)c1ccc(C(=O)N[C@@H]2CCN3CCCC[C@H]23)cc1. The van der Waals surface area contributed by atoms with Crippen LogP contribution in [0.3, 0.4) is 0 Å². The highest BCUT2D eigenvalue weighted by Crippen LogP contribution is 2.27. The molecule has 120 valence electrons. The molecule has 0 aromatic heterocycles. The van der Waals surface area contributed by atoms with Crippen molar-refractivity contribution in [3.8, 4) is 0 Å². The third-order valence-electron chi connectivity index (χ3n) is 4.72. The zero-order chi connectivity index (χ0) is 15.7. The number of piperidine rings is 1. The van der Waals surface area contributed by atoms with Crippen molar-refractivity contribution in [3.63, 3.8) is 0 Å². The summed E-state index contributed by atoms with van der Waals surface area (Å²) in [7, 11) is -3.22. The van der Waals surface area contributed by atoms with Gasteiger partial charge >= 0.3 is 0 Å². The van der Waals surface area contributed by atoms with Crippen molar-refractivity contribution in [2.45, 2.75) is 42.7 Å². The molecule has 2 saturated heterocycles. The molecular formula is C16H22N2O3S. The van der Waals surface area contributed by atoms with E-state index in [4.69, 9.17) is 0 Å². The van der Waals surface area contributed by atoms with Crippen molar-refractivity contribution in [2.75, 3.05) is 19.3 Å². The van der Waals surface area contributed by atoms with Gasteiger partial charge in [-0.15, -0.1) is 0 Å². The third kappa shape index (κ3) is 3.17. The number of nitrogens with one attached hydrogen (secondary N) is 1. The fraction of sp³-hybridized carbons (Fsp3) is 0.562. The third-order valence-corrected chi connectivity index (χ3v) is 5.85. The molecule has 1 aromatic rings. The lowest BCUT2D eigenvalue weighted by Crippen LogP contribution is -2.46. The van der Waals surface area contributed by atoms with Gasteiger partial charge in [0.05, 0.1) is 4.90 Å². The van der Waals surface area contributed by atoms with Crippen LogP contribution < -0.4 is 5.32 Å². The maximum atomic E-state index is 12.4. The van der Waals surface area contributed by atoms with Gasteiger partial charge in [-0.2, -0.15) is 0 Å². The number of carbonyl (C=O) groups is 1. The molecule has 2 heterocycles. The van der Waals surface area contributed by atoms with Crippen molar-refractivity contribution < 1.29 is 13.2 Å². The Morgan fingerprint density at radius 1 is 1.14 bits per heavy atom. The molecule has 1 amide bonds. The van der Waals surface area contributed by atoms with E-state index in [1.54, 1.807) is 12.1 Å². The van der Waals surface area contributed by atoms with Gasteiger partial charge < -0.3 is 5.32 Å². The van der Waals surface area contributed by atoms with E-state index in [-0.39, 0.29) is 16.8 Å². The molecule has 6 heteroatoms. The van der Waals surface area contributed by atoms with Gasteiger partial charge in [-0.25, -0.2) is 8.42 Å². The fourth-order valence-corrected chi connectivity index (χ4v) is 4.15. The summed E-state index contributed by atoms with van der Waals surface area (Å²) in [5.74, 6) is -0.113. The van der Waals surface area contributed by atoms with Gasteiger partial charge in [-0.3, -0.25) is 9.69 Å². The Hall–Kier alpha value is -1.40. The maximum absolute atomic E-state index is 12.4. The number of hydrogen-bond donors (Lipinski definition) is 1.